The van der Waals surface area contributed by atoms with Gasteiger partial charge < -0.3 is 29.7 Å². The maximum absolute atomic E-state index is 13.5. The minimum absolute atomic E-state index is 0.100. The monoisotopic (exact) mass is 630 g/mol. The van der Waals surface area contributed by atoms with E-state index >= 15 is 0 Å². The lowest BCUT2D eigenvalue weighted by atomic mass is 9.96. The van der Waals surface area contributed by atoms with Crippen molar-refractivity contribution >= 4 is 16.7 Å². The number of imidazole rings is 2. The molecular formula is C38H42N6O3. The Bertz CT molecular complexity index is 1900. The summed E-state index contributed by atoms with van der Waals surface area (Å²) in [7, 11) is 0. The molecule has 3 N–H and O–H groups in total. The highest BCUT2D eigenvalue weighted by atomic mass is 16.7. The standard InChI is InChI=1S/C38H42N6O3/c1-23(2)24(3)37(45)44-22-38(46-15-16-47-38)19-34(44)36-41-20-32(43-36)26-8-6-25(7-9-26)27-10-11-29-18-30(13-12-28(29)17-27)33-21-40-35(42-33)31-5-4-14-39-31/h6-13,17-18,20-21,23-24,31,34,39H,4-5,14-16,19,22H2,1-3H3,(H,40,42)(H,41,43)/t24-,31-,34-/m0/s1. The van der Waals surface area contributed by atoms with Crippen molar-refractivity contribution in [2.75, 3.05) is 26.3 Å². The molecule has 0 saturated carbocycles. The van der Waals surface area contributed by atoms with Crippen LogP contribution < -0.4 is 5.32 Å². The highest BCUT2D eigenvalue weighted by Crippen LogP contribution is 2.43. The number of nitrogens with one attached hydrogen (secondary N) is 3. The molecule has 9 heteroatoms. The molecule has 5 aromatic rings. The van der Waals surface area contributed by atoms with Gasteiger partial charge in [0.05, 0.1) is 55.6 Å². The molecular weight excluding hydrogens is 588 g/mol. The van der Waals surface area contributed by atoms with Crippen LogP contribution in [0.4, 0.5) is 0 Å². The Morgan fingerprint density at radius 2 is 1.45 bits per heavy atom. The van der Waals surface area contributed by atoms with Gasteiger partial charge in [-0.25, -0.2) is 9.97 Å². The van der Waals surface area contributed by atoms with Gasteiger partial charge in [-0.05, 0) is 64.9 Å². The van der Waals surface area contributed by atoms with Gasteiger partial charge in [0.2, 0.25) is 5.91 Å². The van der Waals surface area contributed by atoms with Crippen LogP contribution in [0.3, 0.4) is 0 Å². The summed E-state index contributed by atoms with van der Waals surface area (Å²) in [5.41, 5.74) is 6.47. The number of likely N-dealkylation sites (tertiary alicyclic amines) is 1. The van der Waals surface area contributed by atoms with Crippen LogP contribution in [0.2, 0.25) is 0 Å². The van der Waals surface area contributed by atoms with Gasteiger partial charge >= 0.3 is 0 Å². The van der Waals surface area contributed by atoms with E-state index in [1.165, 1.54) is 22.8 Å². The van der Waals surface area contributed by atoms with Crippen molar-refractivity contribution in [2.24, 2.45) is 11.8 Å². The molecule has 3 atom stereocenters. The number of benzene rings is 3. The van der Waals surface area contributed by atoms with Crippen molar-refractivity contribution in [1.82, 2.24) is 30.2 Å². The fraction of sp³-hybridized carbons (Fsp3) is 0.395. The van der Waals surface area contributed by atoms with Crippen LogP contribution >= 0.6 is 0 Å². The van der Waals surface area contributed by atoms with Crippen molar-refractivity contribution in [3.8, 4) is 33.6 Å². The fourth-order valence-electron chi connectivity index (χ4n) is 7.23. The number of rotatable bonds is 7. The first kappa shape index (κ1) is 30.1. The lowest BCUT2D eigenvalue weighted by Crippen LogP contribution is -2.40. The molecule has 47 heavy (non-hydrogen) atoms. The normalized spacial score (nSPS) is 21.4. The van der Waals surface area contributed by atoms with E-state index in [1.807, 2.05) is 24.2 Å². The minimum atomic E-state index is -0.748. The average molecular weight is 631 g/mol. The quantitative estimate of drug-likeness (QED) is 0.178. The maximum atomic E-state index is 13.5. The summed E-state index contributed by atoms with van der Waals surface area (Å²) < 4.78 is 12.1. The molecule has 0 unspecified atom stereocenters. The van der Waals surface area contributed by atoms with Crippen LogP contribution in [0.25, 0.3) is 44.4 Å². The predicted molar refractivity (Wildman–Crippen MR) is 182 cm³/mol. The van der Waals surface area contributed by atoms with Crippen molar-refractivity contribution in [3.05, 3.63) is 84.7 Å². The number of H-pyrrole nitrogens is 2. The first-order valence-corrected chi connectivity index (χ1v) is 16.9. The number of hydrogen-bond donors (Lipinski definition) is 3. The van der Waals surface area contributed by atoms with Crippen molar-refractivity contribution < 1.29 is 14.3 Å². The van der Waals surface area contributed by atoms with Gasteiger partial charge in [-0.15, -0.1) is 0 Å². The first-order valence-electron chi connectivity index (χ1n) is 16.9. The van der Waals surface area contributed by atoms with E-state index in [0.717, 1.165) is 52.7 Å². The van der Waals surface area contributed by atoms with Gasteiger partial charge in [-0.1, -0.05) is 69.3 Å². The minimum Gasteiger partial charge on any atom is -0.346 e. The smallest absolute Gasteiger partial charge is 0.226 e. The predicted octanol–water partition coefficient (Wildman–Crippen LogP) is 7.02. The summed E-state index contributed by atoms with van der Waals surface area (Å²) >= 11 is 0. The van der Waals surface area contributed by atoms with E-state index in [-0.39, 0.29) is 23.8 Å². The lowest BCUT2D eigenvalue weighted by Gasteiger charge is -2.28. The van der Waals surface area contributed by atoms with Crippen molar-refractivity contribution in [1.29, 1.82) is 0 Å². The second-order valence-electron chi connectivity index (χ2n) is 13.7. The number of amides is 1. The molecule has 3 saturated heterocycles. The Morgan fingerprint density at radius 1 is 0.830 bits per heavy atom. The van der Waals surface area contributed by atoms with Crippen LogP contribution in [-0.2, 0) is 14.3 Å². The Morgan fingerprint density at radius 3 is 2.15 bits per heavy atom. The number of carbonyl (C=O) groups is 1. The van der Waals surface area contributed by atoms with E-state index in [9.17, 15) is 4.79 Å². The lowest BCUT2D eigenvalue weighted by molar-refractivity contribution is -0.154. The molecule has 0 aliphatic carbocycles. The number of carbonyl (C=O) groups excluding carboxylic acids is 1. The third kappa shape index (κ3) is 5.66. The summed E-state index contributed by atoms with van der Waals surface area (Å²) in [5.74, 6) is 1.29. The van der Waals surface area contributed by atoms with Gasteiger partial charge in [0.15, 0.2) is 5.79 Å². The van der Waals surface area contributed by atoms with Crippen LogP contribution in [0.1, 0.15) is 63.8 Å². The third-order valence-corrected chi connectivity index (χ3v) is 10.4. The summed E-state index contributed by atoms with van der Waals surface area (Å²) in [6.45, 7) is 8.74. The number of ether oxygens (including phenoxy) is 2. The Hall–Kier alpha value is -4.31. The fourth-order valence-corrected chi connectivity index (χ4v) is 7.23. The summed E-state index contributed by atoms with van der Waals surface area (Å²) in [4.78, 5) is 31.9. The highest BCUT2D eigenvalue weighted by Gasteiger charge is 2.52. The van der Waals surface area contributed by atoms with Crippen LogP contribution in [-0.4, -0.2) is 62.8 Å². The first-order chi connectivity index (χ1) is 22.9. The molecule has 9 nitrogen and oxygen atoms in total. The van der Waals surface area contributed by atoms with Crippen LogP contribution in [0.15, 0.2) is 73.1 Å². The van der Waals surface area contributed by atoms with E-state index in [4.69, 9.17) is 14.5 Å². The highest BCUT2D eigenvalue weighted by molar-refractivity contribution is 5.90. The molecule has 2 aromatic heterocycles. The topological polar surface area (TPSA) is 108 Å². The number of fused-ring (bicyclic) bond motifs is 1. The molecule has 3 aliphatic rings. The molecule has 5 heterocycles. The molecule has 8 rings (SSSR count). The average Bonchev–Trinajstić information content (AvgIpc) is 3.94. The summed E-state index contributed by atoms with van der Waals surface area (Å²) in [5, 5.41) is 5.90. The van der Waals surface area contributed by atoms with Gasteiger partial charge in [0.25, 0.3) is 0 Å². The van der Waals surface area contributed by atoms with Gasteiger partial charge in [-0.3, -0.25) is 4.79 Å². The van der Waals surface area contributed by atoms with Crippen molar-refractivity contribution in [2.45, 2.75) is 57.9 Å². The molecule has 3 aliphatic heterocycles. The SMILES string of the molecule is CC(C)[C@H](C)C(=O)N1CC2(C[C@H]1c1ncc(-c3ccc(-c4ccc5cc(-c6cnc([C@@H]7CCCN7)[nH]6)ccc5c4)cc3)[nH]1)OCCO2. The van der Waals surface area contributed by atoms with Gasteiger partial charge in [0, 0.05) is 17.9 Å². The molecule has 1 amide bonds. The zero-order valence-corrected chi connectivity index (χ0v) is 27.3. The van der Waals surface area contributed by atoms with Gasteiger partial charge in [0.1, 0.15) is 11.6 Å². The number of aromatic nitrogens is 4. The molecule has 3 fully saturated rings. The number of nitrogens with zero attached hydrogens (tertiary/aromatic N) is 3. The Labute approximate surface area is 275 Å². The van der Waals surface area contributed by atoms with E-state index in [2.05, 4.69) is 94.8 Å². The molecule has 0 bridgehead atoms. The molecule has 242 valence electrons. The maximum Gasteiger partial charge on any atom is 0.226 e. The van der Waals surface area contributed by atoms with Crippen LogP contribution in [0.5, 0.6) is 0 Å². The molecule has 1 spiro atoms. The Kier molecular flexibility index (Phi) is 7.70. The van der Waals surface area contributed by atoms with E-state index < -0.39 is 5.79 Å². The molecule has 3 aromatic carbocycles. The second-order valence-corrected chi connectivity index (χ2v) is 13.7. The van der Waals surface area contributed by atoms with Gasteiger partial charge in [-0.2, -0.15) is 0 Å². The zero-order chi connectivity index (χ0) is 32.1. The van der Waals surface area contributed by atoms with Crippen molar-refractivity contribution in [3.63, 3.8) is 0 Å². The number of aromatic amines is 2. The second kappa shape index (κ2) is 12.0. The Balaban J connectivity index is 0.998. The van der Waals surface area contributed by atoms with E-state index in [1.54, 1.807) is 0 Å². The van der Waals surface area contributed by atoms with Crippen LogP contribution in [0, 0.1) is 11.8 Å². The third-order valence-electron chi connectivity index (χ3n) is 10.4. The van der Waals surface area contributed by atoms with E-state index in [0.29, 0.717) is 32.2 Å². The molecule has 0 radical (unpaired) electrons. The largest absolute Gasteiger partial charge is 0.346 e. The number of hydrogen-bond acceptors (Lipinski definition) is 6. The zero-order valence-electron chi connectivity index (χ0n) is 27.3. The summed E-state index contributed by atoms with van der Waals surface area (Å²) in [6, 6.07) is 21.9. The summed E-state index contributed by atoms with van der Waals surface area (Å²) in [6.07, 6.45) is 6.70.